The Hall–Kier alpha value is -3.86. The van der Waals surface area contributed by atoms with E-state index in [4.69, 9.17) is 10.2 Å². The zero-order chi connectivity index (χ0) is 21.6. The summed E-state index contributed by atoms with van der Waals surface area (Å²) in [5.74, 6) is -0.172. The Labute approximate surface area is 173 Å². The first-order valence-electron chi connectivity index (χ1n) is 9.47. The van der Waals surface area contributed by atoms with Crippen LogP contribution in [0, 0.1) is 26.9 Å². The number of nitro groups is 1. The molecule has 0 spiro atoms. The van der Waals surface area contributed by atoms with Crippen molar-refractivity contribution in [3.05, 3.63) is 81.2 Å². The summed E-state index contributed by atoms with van der Waals surface area (Å²) in [4.78, 5) is 25.7. The number of carbonyl (C=O) groups is 1. The lowest BCUT2D eigenvalue weighted by Gasteiger charge is -2.43. The van der Waals surface area contributed by atoms with Crippen LogP contribution in [0.2, 0.25) is 0 Å². The number of Topliss-reactive ketones (excluding diaryl/α,β-unsaturated/α-hetero) is 1. The van der Waals surface area contributed by atoms with Gasteiger partial charge in [-0.05, 0) is 30.0 Å². The monoisotopic (exact) mass is 404 g/mol. The van der Waals surface area contributed by atoms with Crippen LogP contribution in [0.1, 0.15) is 38.4 Å². The zero-order valence-electron chi connectivity index (χ0n) is 16.6. The van der Waals surface area contributed by atoms with Crippen molar-refractivity contribution in [2.24, 2.45) is 11.1 Å². The van der Waals surface area contributed by atoms with Crippen LogP contribution in [0.15, 0.2) is 69.7 Å². The number of nitriles is 1. The number of hydrogen-bond acceptors (Lipinski definition) is 7. The molecule has 8 heteroatoms. The number of benzene rings is 1. The fourth-order valence-corrected chi connectivity index (χ4v) is 4.29. The number of ketones is 1. The topological polar surface area (TPSA) is 126 Å². The fraction of sp³-hybridized carbons (Fsp3) is 0.273. The molecule has 2 aliphatic rings. The molecule has 0 bridgehead atoms. The summed E-state index contributed by atoms with van der Waals surface area (Å²) in [5.41, 5.74) is 7.75. The van der Waals surface area contributed by atoms with Crippen LogP contribution in [0.25, 0.3) is 0 Å². The van der Waals surface area contributed by atoms with Crippen molar-refractivity contribution in [2.75, 3.05) is 4.90 Å². The van der Waals surface area contributed by atoms with Gasteiger partial charge >= 0.3 is 0 Å². The summed E-state index contributed by atoms with van der Waals surface area (Å²) in [6.45, 7) is 3.98. The number of furan rings is 1. The lowest BCUT2D eigenvalue weighted by molar-refractivity contribution is -0.384. The van der Waals surface area contributed by atoms with E-state index in [2.05, 4.69) is 6.07 Å². The second-order valence-corrected chi connectivity index (χ2v) is 8.27. The number of hydrogen-bond donors (Lipinski definition) is 1. The van der Waals surface area contributed by atoms with Crippen molar-refractivity contribution >= 4 is 17.2 Å². The Bertz CT molecular complexity index is 1150. The van der Waals surface area contributed by atoms with Gasteiger partial charge in [-0.25, -0.2) is 0 Å². The van der Waals surface area contributed by atoms with Crippen molar-refractivity contribution in [3.8, 4) is 6.07 Å². The second kappa shape index (κ2) is 6.88. The van der Waals surface area contributed by atoms with Crippen LogP contribution in [0.5, 0.6) is 0 Å². The van der Waals surface area contributed by atoms with Crippen molar-refractivity contribution in [1.82, 2.24) is 0 Å². The molecule has 1 aromatic carbocycles. The molecule has 1 aliphatic carbocycles. The van der Waals surface area contributed by atoms with Crippen LogP contribution in [0.4, 0.5) is 11.4 Å². The molecule has 8 nitrogen and oxygen atoms in total. The molecule has 1 unspecified atom stereocenters. The zero-order valence-corrected chi connectivity index (χ0v) is 16.6. The van der Waals surface area contributed by atoms with Crippen molar-refractivity contribution in [3.63, 3.8) is 0 Å². The van der Waals surface area contributed by atoms with E-state index in [1.165, 1.54) is 18.4 Å². The molecule has 152 valence electrons. The first-order valence-corrected chi connectivity index (χ1v) is 9.47. The van der Waals surface area contributed by atoms with Crippen molar-refractivity contribution in [1.29, 1.82) is 5.26 Å². The minimum absolute atomic E-state index is 0.0849. The Morgan fingerprint density at radius 1 is 1.30 bits per heavy atom. The molecule has 2 aromatic rings. The maximum absolute atomic E-state index is 13.3. The minimum atomic E-state index is -0.696. The van der Waals surface area contributed by atoms with Gasteiger partial charge in [0.1, 0.15) is 11.6 Å². The molecule has 30 heavy (non-hydrogen) atoms. The highest BCUT2D eigenvalue weighted by molar-refractivity contribution is 6.01. The molecule has 0 amide bonds. The van der Waals surface area contributed by atoms with Crippen LogP contribution >= 0.6 is 0 Å². The van der Waals surface area contributed by atoms with Gasteiger partial charge in [-0.2, -0.15) is 5.26 Å². The molecule has 1 aliphatic heterocycles. The second-order valence-electron chi connectivity index (χ2n) is 8.27. The highest BCUT2D eigenvalue weighted by Crippen LogP contribution is 2.50. The van der Waals surface area contributed by atoms with Gasteiger partial charge in [0.15, 0.2) is 5.78 Å². The van der Waals surface area contributed by atoms with Gasteiger partial charge in [-0.1, -0.05) is 19.9 Å². The van der Waals surface area contributed by atoms with Crippen LogP contribution < -0.4 is 10.6 Å². The third-order valence-corrected chi connectivity index (χ3v) is 5.51. The lowest BCUT2D eigenvalue weighted by Crippen LogP contribution is -2.42. The minimum Gasteiger partial charge on any atom is -0.468 e. The number of allylic oxidation sites excluding steroid dienone is 3. The maximum Gasteiger partial charge on any atom is 0.271 e. The average Bonchev–Trinajstić information content (AvgIpc) is 3.20. The Morgan fingerprint density at radius 2 is 2.07 bits per heavy atom. The van der Waals surface area contributed by atoms with E-state index in [-0.39, 0.29) is 28.3 Å². The van der Waals surface area contributed by atoms with E-state index >= 15 is 0 Å². The molecule has 4 rings (SSSR count). The Morgan fingerprint density at radius 3 is 2.70 bits per heavy atom. The van der Waals surface area contributed by atoms with Crippen LogP contribution in [0.3, 0.4) is 0 Å². The molecule has 0 fully saturated rings. The first kappa shape index (κ1) is 19.5. The highest BCUT2D eigenvalue weighted by atomic mass is 16.6. The number of nitrogens with zero attached hydrogens (tertiary/aromatic N) is 3. The molecule has 1 aromatic heterocycles. The van der Waals surface area contributed by atoms with Gasteiger partial charge in [-0.15, -0.1) is 0 Å². The maximum atomic E-state index is 13.3. The predicted molar refractivity (Wildman–Crippen MR) is 109 cm³/mol. The first-order chi connectivity index (χ1) is 14.2. The Kier molecular flexibility index (Phi) is 4.46. The standard InChI is InChI=1S/C22H20N4O4/c1-22(2)10-16-20(17(27)11-22)19(18-7-4-8-30-18)15(12-23)21(24)25(16)13-5-3-6-14(9-13)26(28)29/h3-9,19H,10-11,24H2,1-2H3. The van der Waals surface area contributed by atoms with Crippen molar-refractivity contribution < 1.29 is 14.1 Å². The smallest absolute Gasteiger partial charge is 0.271 e. The number of carbonyl (C=O) groups excluding carboxylic acids is 1. The number of rotatable bonds is 3. The van der Waals surface area contributed by atoms with Crippen LogP contribution in [-0.4, -0.2) is 10.7 Å². The molecular formula is C22H20N4O4. The average molecular weight is 404 g/mol. The van der Waals surface area contributed by atoms with E-state index in [9.17, 15) is 20.2 Å². The van der Waals surface area contributed by atoms with Crippen LogP contribution in [-0.2, 0) is 4.79 Å². The number of anilines is 1. The van der Waals surface area contributed by atoms with Crippen molar-refractivity contribution in [2.45, 2.75) is 32.6 Å². The SMILES string of the molecule is CC1(C)CC(=O)C2=C(C1)N(c1cccc([N+](=O)[O-])c1)C(N)=C(C#N)C2c1ccco1. The number of nitro benzene ring substituents is 1. The highest BCUT2D eigenvalue weighted by Gasteiger charge is 2.45. The molecule has 0 saturated carbocycles. The Balaban J connectivity index is 1.99. The number of nitrogens with two attached hydrogens (primary N) is 1. The molecular weight excluding hydrogens is 384 g/mol. The summed E-state index contributed by atoms with van der Waals surface area (Å²) in [7, 11) is 0. The number of non-ortho nitro benzene ring substituents is 1. The van der Waals surface area contributed by atoms with Gasteiger partial charge < -0.3 is 10.2 Å². The third kappa shape index (κ3) is 3.05. The van der Waals surface area contributed by atoms with Gasteiger partial charge in [0.05, 0.1) is 34.4 Å². The molecule has 2 heterocycles. The van der Waals surface area contributed by atoms with Gasteiger partial charge in [0.25, 0.3) is 5.69 Å². The molecule has 0 radical (unpaired) electrons. The molecule has 2 N–H and O–H groups in total. The quantitative estimate of drug-likeness (QED) is 0.602. The predicted octanol–water partition coefficient (Wildman–Crippen LogP) is 4.13. The summed E-state index contributed by atoms with van der Waals surface area (Å²) in [6, 6.07) is 11.6. The fourth-order valence-electron chi connectivity index (χ4n) is 4.29. The van der Waals surface area contributed by atoms with E-state index in [1.54, 1.807) is 29.2 Å². The summed E-state index contributed by atoms with van der Waals surface area (Å²) in [5, 5.41) is 21.2. The van der Waals surface area contributed by atoms with Gasteiger partial charge in [0.2, 0.25) is 0 Å². The third-order valence-electron chi connectivity index (χ3n) is 5.51. The summed E-state index contributed by atoms with van der Waals surface area (Å²) in [6.07, 6.45) is 2.34. The molecule has 0 saturated heterocycles. The summed E-state index contributed by atoms with van der Waals surface area (Å²) < 4.78 is 5.56. The van der Waals surface area contributed by atoms with E-state index in [0.29, 0.717) is 35.6 Å². The van der Waals surface area contributed by atoms with E-state index in [0.717, 1.165) is 0 Å². The van der Waals surface area contributed by atoms with E-state index < -0.39 is 10.8 Å². The van der Waals surface area contributed by atoms with Gasteiger partial charge in [0, 0.05) is 29.8 Å². The summed E-state index contributed by atoms with van der Waals surface area (Å²) >= 11 is 0. The van der Waals surface area contributed by atoms with E-state index in [1.807, 2.05) is 13.8 Å². The molecule has 1 atom stereocenters. The normalized spacial score (nSPS) is 20.8. The largest absolute Gasteiger partial charge is 0.468 e. The lowest BCUT2D eigenvalue weighted by atomic mass is 9.69. The van der Waals surface area contributed by atoms with Gasteiger partial charge in [-0.3, -0.25) is 19.8 Å².